The number of benzene rings is 2. The van der Waals surface area contributed by atoms with E-state index in [0.717, 1.165) is 12.1 Å². The van der Waals surface area contributed by atoms with Crippen LogP contribution in [0.2, 0.25) is 0 Å². The molecule has 1 aliphatic rings. The topological polar surface area (TPSA) is 58.6 Å². The van der Waals surface area contributed by atoms with Gasteiger partial charge in [-0.25, -0.2) is 0 Å². The molecule has 0 spiro atoms. The summed E-state index contributed by atoms with van der Waals surface area (Å²) in [6.07, 6.45) is -3.34. The van der Waals surface area contributed by atoms with Crippen molar-refractivity contribution in [1.82, 2.24) is 10.2 Å². The minimum absolute atomic E-state index is 0.0495. The summed E-state index contributed by atoms with van der Waals surface area (Å²) in [4.78, 5) is 26.7. The average molecular weight is 463 g/mol. The molecule has 0 bridgehead atoms. The van der Waals surface area contributed by atoms with Crippen molar-refractivity contribution in [3.05, 3.63) is 65.7 Å². The third-order valence-corrected chi connectivity index (χ3v) is 6.00. The first-order chi connectivity index (χ1) is 15.6. The van der Waals surface area contributed by atoms with Gasteiger partial charge in [-0.05, 0) is 36.6 Å². The van der Waals surface area contributed by atoms with E-state index in [1.807, 2.05) is 18.2 Å². The Bertz CT molecular complexity index is 953. The third-order valence-electron chi connectivity index (χ3n) is 6.00. The van der Waals surface area contributed by atoms with Gasteiger partial charge in [0.05, 0.1) is 5.56 Å². The first kappa shape index (κ1) is 24.6. The van der Waals surface area contributed by atoms with Gasteiger partial charge in [-0.15, -0.1) is 0 Å². The second kappa shape index (κ2) is 10.3. The third kappa shape index (κ3) is 6.73. The second-order valence-electron chi connectivity index (χ2n) is 8.94. The minimum Gasteiger partial charge on any atom is -0.484 e. The molecule has 3 rings (SSSR count). The van der Waals surface area contributed by atoms with Gasteiger partial charge in [0.1, 0.15) is 5.75 Å². The molecule has 0 radical (unpaired) electrons. The van der Waals surface area contributed by atoms with Gasteiger partial charge in [-0.2, -0.15) is 13.2 Å². The molecule has 2 aromatic rings. The molecule has 0 aliphatic carbocycles. The zero-order valence-corrected chi connectivity index (χ0v) is 18.8. The molecule has 0 saturated carbocycles. The number of hydrogen-bond donors (Lipinski definition) is 1. The Morgan fingerprint density at radius 2 is 1.64 bits per heavy atom. The smallest absolute Gasteiger partial charge is 0.416 e. The van der Waals surface area contributed by atoms with E-state index in [0.29, 0.717) is 37.2 Å². The van der Waals surface area contributed by atoms with Gasteiger partial charge in [0, 0.05) is 31.0 Å². The summed E-state index contributed by atoms with van der Waals surface area (Å²) >= 11 is 0. The number of nitrogens with zero attached hydrogens (tertiary/aromatic N) is 1. The van der Waals surface area contributed by atoms with Crippen LogP contribution < -0.4 is 10.1 Å². The van der Waals surface area contributed by atoms with E-state index in [4.69, 9.17) is 4.74 Å². The Kier molecular flexibility index (Phi) is 7.66. The summed E-state index contributed by atoms with van der Waals surface area (Å²) in [5, 5.41) is 2.89. The van der Waals surface area contributed by atoms with Gasteiger partial charge in [0.15, 0.2) is 6.61 Å². The lowest BCUT2D eigenvalue weighted by atomic mass is 9.83. The van der Waals surface area contributed by atoms with Crippen LogP contribution >= 0.6 is 0 Å². The van der Waals surface area contributed by atoms with Crippen LogP contribution in [-0.2, 0) is 21.2 Å². The summed E-state index contributed by atoms with van der Waals surface area (Å²) in [5.74, 6) is 0.135. The number of para-hydroxylation sites is 1. The van der Waals surface area contributed by atoms with Gasteiger partial charge in [-0.3, -0.25) is 9.59 Å². The van der Waals surface area contributed by atoms with E-state index in [9.17, 15) is 22.8 Å². The fourth-order valence-electron chi connectivity index (χ4n) is 3.82. The molecule has 8 heteroatoms. The molecule has 1 aliphatic heterocycles. The van der Waals surface area contributed by atoms with E-state index in [1.54, 1.807) is 36.9 Å². The van der Waals surface area contributed by atoms with E-state index < -0.39 is 17.2 Å². The quantitative estimate of drug-likeness (QED) is 0.663. The van der Waals surface area contributed by atoms with E-state index in [2.05, 4.69) is 5.32 Å². The molecule has 0 aromatic heterocycles. The van der Waals surface area contributed by atoms with Crippen LogP contribution in [-0.4, -0.2) is 43.0 Å². The number of ether oxygens (including phenoxy) is 1. The standard InChI is InChI=1S/C25H29F3N2O3/c1-24(2,19-7-6-8-20(15-19)25(26,27)28)17-29-23(32)18-11-13-30(14-12-18)22(31)16-33-21-9-4-3-5-10-21/h3-10,15,18H,11-14,16-17H2,1-2H3,(H,29,32). The van der Waals surface area contributed by atoms with Crippen LogP contribution in [0.1, 0.15) is 37.8 Å². The highest BCUT2D eigenvalue weighted by Gasteiger charge is 2.33. The fourth-order valence-corrected chi connectivity index (χ4v) is 3.82. The Balaban J connectivity index is 1.46. The van der Waals surface area contributed by atoms with Gasteiger partial charge in [-0.1, -0.05) is 50.2 Å². The number of halogens is 3. The molecule has 2 amide bonds. The first-order valence-electron chi connectivity index (χ1n) is 11.0. The minimum atomic E-state index is -4.41. The largest absolute Gasteiger partial charge is 0.484 e. The highest BCUT2D eigenvalue weighted by atomic mass is 19.4. The number of nitrogens with one attached hydrogen (secondary N) is 1. The first-order valence-corrected chi connectivity index (χ1v) is 11.0. The number of carbonyl (C=O) groups excluding carboxylic acids is 2. The molecule has 1 heterocycles. The molecule has 1 fully saturated rings. The van der Waals surface area contributed by atoms with Crippen LogP contribution in [0.4, 0.5) is 13.2 Å². The van der Waals surface area contributed by atoms with Crippen molar-refractivity contribution in [3.8, 4) is 5.75 Å². The molecular formula is C25H29F3N2O3. The van der Waals surface area contributed by atoms with Gasteiger partial charge in [0.2, 0.25) is 5.91 Å². The molecule has 0 unspecified atom stereocenters. The SMILES string of the molecule is CC(C)(CNC(=O)C1CCN(C(=O)COc2ccccc2)CC1)c1cccc(C(F)(F)F)c1. The summed E-state index contributed by atoms with van der Waals surface area (Å²) < 4.78 is 44.6. The molecule has 2 aromatic carbocycles. The summed E-state index contributed by atoms with van der Waals surface area (Å²) in [7, 11) is 0. The number of rotatable bonds is 7. The Hall–Kier alpha value is -3.03. The lowest BCUT2D eigenvalue weighted by Gasteiger charge is -2.32. The molecule has 0 atom stereocenters. The number of alkyl halides is 3. The highest BCUT2D eigenvalue weighted by molar-refractivity contribution is 5.80. The van der Waals surface area contributed by atoms with Crippen molar-refractivity contribution < 1.29 is 27.5 Å². The molecule has 5 nitrogen and oxygen atoms in total. The number of piperidine rings is 1. The van der Waals surface area contributed by atoms with Crippen molar-refractivity contribution in [2.24, 2.45) is 5.92 Å². The van der Waals surface area contributed by atoms with Gasteiger partial charge in [0.25, 0.3) is 5.91 Å². The predicted octanol–water partition coefficient (Wildman–Crippen LogP) is 4.42. The second-order valence-corrected chi connectivity index (χ2v) is 8.94. The van der Waals surface area contributed by atoms with Crippen molar-refractivity contribution in [1.29, 1.82) is 0 Å². The maximum absolute atomic E-state index is 13.0. The van der Waals surface area contributed by atoms with Crippen LogP contribution in [0.3, 0.4) is 0 Å². The summed E-state index contributed by atoms with van der Waals surface area (Å²) in [5.41, 5.74) is -0.855. The van der Waals surface area contributed by atoms with Crippen LogP contribution in [0.25, 0.3) is 0 Å². The molecule has 178 valence electrons. The fraction of sp³-hybridized carbons (Fsp3) is 0.440. The summed E-state index contributed by atoms with van der Waals surface area (Å²) in [6.45, 7) is 4.70. The number of amides is 2. The predicted molar refractivity (Wildman–Crippen MR) is 119 cm³/mol. The Labute approximate surface area is 191 Å². The maximum Gasteiger partial charge on any atom is 0.416 e. The monoisotopic (exact) mass is 462 g/mol. The number of hydrogen-bond acceptors (Lipinski definition) is 3. The molecule has 33 heavy (non-hydrogen) atoms. The van der Waals surface area contributed by atoms with Gasteiger partial charge >= 0.3 is 6.18 Å². The Morgan fingerprint density at radius 3 is 2.27 bits per heavy atom. The van der Waals surface area contributed by atoms with Crippen molar-refractivity contribution >= 4 is 11.8 Å². The lowest BCUT2D eigenvalue weighted by Crippen LogP contribution is -2.46. The zero-order chi connectivity index (χ0) is 24.1. The summed E-state index contributed by atoms with van der Waals surface area (Å²) in [6, 6.07) is 14.3. The van der Waals surface area contributed by atoms with Crippen molar-refractivity contribution in [3.63, 3.8) is 0 Å². The van der Waals surface area contributed by atoms with Crippen LogP contribution in [0.5, 0.6) is 5.75 Å². The van der Waals surface area contributed by atoms with Gasteiger partial charge < -0.3 is 15.0 Å². The van der Waals surface area contributed by atoms with E-state index >= 15 is 0 Å². The number of carbonyl (C=O) groups is 2. The molecular weight excluding hydrogens is 433 g/mol. The maximum atomic E-state index is 13.0. The number of likely N-dealkylation sites (tertiary alicyclic amines) is 1. The molecule has 1 saturated heterocycles. The van der Waals surface area contributed by atoms with Crippen molar-refractivity contribution in [2.75, 3.05) is 26.2 Å². The van der Waals surface area contributed by atoms with E-state index in [1.165, 1.54) is 6.07 Å². The van der Waals surface area contributed by atoms with Crippen LogP contribution in [0.15, 0.2) is 54.6 Å². The lowest BCUT2D eigenvalue weighted by molar-refractivity contribution is -0.137. The zero-order valence-electron chi connectivity index (χ0n) is 18.8. The highest BCUT2D eigenvalue weighted by Crippen LogP contribution is 2.32. The normalized spacial score (nSPS) is 15.2. The van der Waals surface area contributed by atoms with E-state index in [-0.39, 0.29) is 30.9 Å². The van der Waals surface area contributed by atoms with Crippen LogP contribution in [0, 0.1) is 5.92 Å². The Morgan fingerprint density at radius 1 is 1.00 bits per heavy atom. The molecule has 1 N–H and O–H groups in total. The van der Waals surface area contributed by atoms with Crippen molar-refractivity contribution in [2.45, 2.75) is 38.3 Å². The average Bonchev–Trinajstić information content (AvgIpc) is 2.81.